The van der Waals surface area contributed by atoms with Crippen molar-refractivity contribution in [1.29, 1.82) is 0 Å². The van der Waals surface area contributed by atoms with E-state index in [1.807, 2.05) is 13.0 Å². The minimum Gasteiger partial charge on any atom is -0.397 e. The van der Waals surface area contributed by atoms with Crippen LogP contribution in [0.1, 0.15) is 15.2 Å². The predicted octanol–water partition coefficient (Wildman–Crippen LogP) is 4.31. The molecule has 0 bridgehead atoms. The van der Waals surface area contributed by atoms with Crippen LogP contribution < -0.4 is 11.1 Å². The summed E-state index contributed by atoms with van der Waals surface area (Å²) < 4.78 is 0.951. The highest BCUT2D eigenvalue weighted by Crippen LogP contribution is 2.29. The van der Waals surface area contributed by atoms with Crippen molar-refractivity contribution in [2.24, 2.45) is 0 Å². The molecule has 1 heterocycles. The largest absolute Gasteiger partial charge is 0.397 e. The molecule has 0 spiro atoms. The van der Waals surface area contributed by atoms with Crippen LogP contribution in [-0.4, -0.2) is 5.91 Å². The fourth-order valence-corrected chi connectivity index (χ4v) is 2.99. The van der Waals surface area contributed by atoms with Crippen molar-refractivity contribution in [2.45, 2.75) is 6.92 Å². The number of nitrogens with two attached hydrogens (primary N) is 1. The van der Waals surface area contributed by atoms with Gasteiger partial charge in [0.05, 0.1) is 20.0 Å². The summed E-state index contributed by atoms with van der Waals surface area (Å²) in [6.07, 6.45) is 0. The highest BCUT2D eigenvalue weighted by Gasteiger charge is 2.12. The number of carbonyl (C=O) groups is 1. The van der Waals surface area contributed by atoms with Gasteiger partial charge < -0.3 is 11.1 Å². The first-order chi connectivity index (χ1) is 8.47. The normalized spacial score (nSPS) is 10.4. The fraction of sp³-hybridized carbons (Fsp3) is 0.0833. The molecule has 2 aromatic rings. The Morgan fingerprint density at radius 3 is 2.78 bits per heavy atom. The molecule has 0 fully saturated rings. The first kappa shape index (κ1) is 13.4. The van der Waals surface area contributed by atoms with E-state index in [1.165, 1.54) is 11.3 Å². The van der Waals surface area contributed by atoms with Crippen molar-refractivity contribution in [2.75, 3.05) is 11.1 Å². The number of anilines is 2. The molecule has 1 aromatic carbocycles. The van der Waals surface area contributed by atoms with Gasteiger partial charge in [-0.3, -0.25) is 4.79 Å². The van der Waals surface area contributed by atoms with Crippen molar-refractivity contribution in [3.63, 3.8) is 0 Å². The number of aryl methyl sites for hydroxylation is 1. The van der Waals surface area contributed by atoms with Crippen LogP contribution in [0.5, 0.6) is 0 Å². The van der Waals surface area contributed by atoms with Crippen LogP contribution in [0, 0.1) is 6.92 Å². The van der Waals surface area contributed by atoms with Gasteiger partial charge in [-0.15, -0.1) is 11.3 Å². The number of benzene rings is 1. The van der Waals surface area contributed by atoms with Crippen LogP contribution >= 0.6 is 38.9 Å². The van der Waals surface area contributed by atoms with Crippen molar-refractivity contribution in [3.05, 3.63) is 43.5 Å². The summed E-state index contributed by atoms with van der Waals surface area (Å²) >= 11 is 10.6. The summed E-state index contributed by atoms with van der Waals surface area (Å²) in [5, 5.41) is 3.28. The Hall–Kier alpha value is -1.04. The van der Waals surface area contributed by atoms with E-state index in [2.05, 4.69) is 21.2 Å². The van der Waals surface area contributed by atoms with Crippen molar-refractivity contribution < 1.29 is 4.79 Å². The van der Waals surface area contributed by atoms with Gasteiger partial charge >= 0.3 is 0 Å². The van der Waals surface area contributed by atoms with Gasteiger partial charge in [0.2, 0.25) is 0 Å². The molecule has 1 aromatic heterocycles. The molecule has 2 rings (SSSR count). The summed E-state index contributed by atoms with van der Waals surface area (Å²) in [6, 6.07) is 6.79. The molecule has 0 atom stereocenters. The van der Waals surface area contributed by atoms with Gasteiger partial charge in [-0.1, -0.05) is 11.6 Å². The number of amides is 1. The second kappa shape index (κ2) is 5.30. The highest BCUT2D eigenvalue weighted by atomic mass is 79.9. The van der Waals surface area contributed by atoms with Crippen LogP contribution in [0.4, 0.5) is 11.4 Å². The lowest BCUT2D eigenvalue weighted by Crippen LogP contribution is -2.11. The Balaban J connectivity index is 2.23. The van der Waals surface area contributed by atoms with E-state index < -0.39 is 0 Å². The van der Waals surface area contributed by atoms with Crippen LogP contribution in [0.15, 0.2) is 28.1 Å². The quantitative estimate of drug-likeness (QED) is 0.797. The topological polar surface area (TPSA) is 55.1 Å². The number of nitrogen functional groups attached to an aromatic ring is 1. The molecule has 0 aliphatic carbocycles. The number of nitrogens with one attached hydrogen (secondary N) is 1. The fourth-order valence-electron chi connectivity index (χ4n) is 1.39. The molecule has 3 N–H and O–H groups in total. The lowest BCUT2D eigenvalue weighted by molar-refractivity contribution is 0.103. The summed E-state index contributed by atoms with van der Waals surface area (Å²) in [5.74, 6) is -0.192. The highest BCUT2D eigenvalue weighted by molar-refractivity contribution is 9.11. The lowest BCUT2D eigenvalue weighted by Gasteiger charge is -2.07. The van der Waals surface area contributed by atoms with E-state index in [0.29, 0.717) is 21.3 Å². The van der Waals surface area contributed by atoms with Gasteiger partial charge in [0.1, 0.15) is 0 Å². The molecular formula is C12H10BrClN2OS. The van der Waals surface area contributed by atoms with Gasteiger partial charge in [0.25, 0.3) is 5.91 Å². The zero-order valence-electron chi connectivity index (χ0n) is 9.46. The Morgan fingerprint density at radius 2 is 2.17 bits per heavy atom. The van der Waals surface area contributed by atoms with Crippen molar-refractivity contribution in [1.82, 2.24) is 0 Å². The molecule has 0 saturated carbocycles. The Labute approximate surface area is 122 Å². The third kappa shape index (κ3) is 2.85. The van der Waals surface area contributed by atoms with E-state index in [9.17, 15) is 4.79 Å². The summed E-state index contributed by atoms with van der Waals surface area (Å²) in [4.78, 5) is 12.6. The second-order valence-corrected chi connectivity index (χ2v) is 6.56. The van der Waals surface area contributed by atoms with Crippen molar-refractivity contribution >= 4 is 56.1 Å². The minimum absolute atomic E-state index is 0.192. The molecule has 94 valence electrons. The third-order valence-corrected chi connectivity index (χ3v) is 4.72. The molecule has 0 saturated heterocycles. The van der Waals surface area contributed by atoms with Gasteiger partial charge in [0, 0.05) is 5.02 Å². The van der Waals surface area contributed by atoms with E-state index in [1.54, 1.807) is 18.2 Å². The molecule has 18 heavy (non-hydrogen) atoms. The monoisotopic (exact) mass is 344 g/mol. The predicted molar refractivity (Wildman–Crippen MR) is 80.6 cm³/mol. The summed E-state index contributed by atoms with van der Waals surface area (Å²) in [7, 11) is 0. The van der Waals surface area contributed by atoms with Crippen LogP contribution in [-0.2, 0) is 0 Å². The molecule has 0 aliphatic rings. The zero-order chi connectivity index (χ0) is 13.3. The Bertz CT molecular complexity index is 593. The third-order valence-electron chi connectivity index (χ3n) is 2.34. The average Bonchev–Trinajstić information content (AvgIpc) is 2.64. The maximum absolute atomic E-state index is 12.0. The number of carbonyl (C=O) groups excluding carboxylic acids is 1. The van der Waals surface area contributed by atoms with Gasteiger partial charge in [-0.05, 0) is 52.7 Å². The second-order valence-electron chi connectivity index (χ2n) is 3.75. The SMILES string of the molecule is Cc1cc(C(=O)Nc2cc(Cl)ccc2N)sc1Br. The first-order valence-electron chi connectivity index (χ1n) is 5.09. The average molecular weight is 346 g/mol. The molecule has 0 unspecified atom stereocenters. The maximum Gasteiger partial charge on any atom is 0.265 e. The number of hydrogen-bond donors (Lipinski definition) is 2. The number of hydrogen-bond acceptors (Lipinski definition) is 3. The van der Waals surface area contributed by atoms with Crippen LogP contribution in [0.2, 0.25) is 5.02 Å². The number of halogens is 2. The summed E-state index contributed by atoms with van der Waals surface area (Å²) in [6.45, 7) is 1.94. The molecule has 6 heteroatoms. The molecule has 3 nitrogen and oxygen atoms in total. The van der Waals surface area contributed by atoms with Gasteiger partial charge in [-0.2, -0.15) is 0 Å². The van der Waals surface area contributed by atoms with E-state index in [-0.39, 0.29) is 5.91 Å². The van der Waals surface area contributed by atoms with Crippen LogP contribution in [0.3, 0.4) is 0 Å². The lowest BCUT2D eigenvalue weighted by atomic mass is 10.2. The molecule has 0 aliphatic heterocycles. The molecule has 1 amide bonds. The van der Waals surface area contributed by atoms with Gasteiger partial charge in [-0.25, -0.2) is 0 Å². The van der Waals surface area contributed by atoms with E-state index in [4.69, 9.17) is 17.3 Å². The smallest absolute Gasteiger partial charge is 0.265 e. The van der Waals surface area contributed by atoms with Crippen molar-refractivity contribution in [3.8, 4) is 0 Å². The maximum atomic E-state index is 12.0. The van der Waals surface area contributed by atoms with Crippen LogP contribution in [0.25, 0.3) is 0 Å². The number of thiophene rings is 1. The Kier molecular flexibility index (Phi) is 3.94. The summed E-state index contributed by atoms with van der Waals surface area (Å²) in [5.41, 5.74) is 7.81. The first-order valence-corrected chi connectivity index (χ1v) is 7.08. The van der Waals surface area contributed by atoms with Gasteiger partial charge in [0.15, 0.2) is 0 Å². The minimum atomic E-state index is -0.192. The number of rotatable bonds is 2. The molecular weight excluding hydrogens is 336 g/mol. The standard InChI is InChI=1S/C12H10BrClN2OS/c1-6-4-10(18-11(6)13)12(17)16-9-5-7(14)2-3-8(9)15/h2-5H,15H2,1H3,(H,16,17). The molecule has 0 radical (unpaired) electrons. The van der Waals surface area contributed by atoms with E-state index in [0.717, 1.165) is 9.35 Å². The zero-order valence-corrected chi connectivity index (χ0v) is 12.6. The van der Waals surface area contributed by atoms with E-state index >= 15 is 0 Å². The Morgan fingerprint density at radius 1 is 1.44 bits per heavy atom.